The number of morpholine rings is 1. The van der Waals surface area contributed by atoms with Crippen molar-refractivity contribution < 1.29 is 9.53 Å². The fourth-order valence-corrected chi connectivity index (χ4v) is 3.51. The van der Waals surface area contributed by atoms with Crippen LogP contribution in [-0.2, 0) is 4.74 Å². The number of aromatic nitrogens is 1. The van der Waals surface area contributed by atoms with Crippen molar-refractivity contribution >= 4 is 17.4 Å². The summed E-state index contributed by atoms with van der Waals surface area (Å²) in [6.45, 7) is 5.47. The molecule has 0 saturated carbocycles. The molecule has 0 aliphatic carbocycles. The summed E-state index contributed by atoms with van der Waals surface area (Å²) in [6.07, 6.45) is 3.20. The zero-order valence-electron chi connectivity index (χ0n) is 11.1. The number of hydrogen-bond acceptors (Lipinski definition) is 5. The van der Waals surface area contributed by atoms with Gasteiger partial charge in [-0.2, -0.15) is 4.37 Å². The van der Waals surface area contributed by atoms with Gasteiger partial charge in [0.25, 0.3) is 5.91 Å². The summed E-state index contributed by atoms with van der Waals surface area (Å²) in [6, 6.07) is 0. The number of ether oxygens (including phenoxy) is 1. The zero-order chi connectivity index (χ0) is 13.2. The molecular formula is C13H19N3O2S. The summed E-state index contributed by atoms with van der Waals surface area (Å²) >= 11 is 1.33. The molecule has 2 aliphatic heterocycles. The Balaban J connectivity index is 1.44. The molecule has 3 heterocycles. The molecule has 6 heteroatoms. The van der Waals surface area contributed by atoms with Crippen LogP contribution in [0.1, 0.15) is 28.9 Å². The molecule has 5 nitrogen and oxygen atoms in total. The predicted molar refractivity (Wildman–Crippen MR) is 73.5 cm³/mol. The number of likely N-dealkylation sites (tertiary alicyclic amines) is 1. The first-order valence-electron chi connectivity index (χ1n) is 6.79. The largest absolute Gasteiger partial charge is 0.372 e. The van der Waals surface area contributed by atoms with Crippen LogP contribution in [0.3, 0.4) is 0 Å². The molecule has 2 unspecified atom stereocenters. The summed E-state index contributed by atoms with van der Waals surface area (Å²) in [5.74, 6) is -0.0116. The van der Waals surface area contributed by atoms with Crippen LogP contribution < -0.4 is 5.32 Å². The van der Waals surface area contributed by atoms with Crippen LogP contribution in [-0.4, -0.2) is 53.6 Å². The lowest BCUT2D eigenvalue weighted by atomic mass is 10.2. The maximum atomic E-state index is 11.9. The molecule has 2 bridgehead atoms. The smallest absolute Gasteiger partial charge is 0.254 e. The van der Waals surface area contributed by atoms with E-state index in [4.69, 9.17) is 4.74 Å². The third-order valence-corrected chi connectivity index (χ3v) is 4.55. The third-order valence-electron chi connectivity index (χ3n) is 3.83. The molecule has 1 aromatic heterocycles. The number of nitrogens with one attached hydrogen (secondary N) is 1. The lowest BCUT2D eigenvalue weighted by Crippen LogP contribution is -2.45. The van der Waals surface area contributed by atoms with Gasteiger partial charge < -0.3 is 10.1 Å². The second kappa shape index (κ2) is 5.56. The summed E-state index contributed by atoms with van der Waals surface area (Å²) in [5.41, 5.74) is 1.51. The fourth-order valence-electron chi connectivity index (χ4n) is 2.81. The van der Waals surface area contributed by atoms with Crippen molar-refractivity contribution in [2.24, 2.45) is 0 Å². The minimum atomic E-state index is -0.0116. The third kappa shape index (κ3) is 2.96. The van der Waals surface area contributed by atoms with E-state index in [1.165, 1.54) is 24.4 Å². The predicted octanol–water partition coefficient (Wildman–Crippen LogP) is 1.04. The summed E-state index contributed by atoms with van der Waals surface area (Å²) in [5, 5.41) is 4.77. The fraction of sp³-hybridized carbons (Fsp3) is 0.692. The molecule has 1 aromatic rings. The maximum absolute atomic E-state index is 11.9. The Hall–Kier alpha value is -0.980. The molecule has 2 atom stereocenters. The first-order valence-corrected chi connectivity index (χ1v) is 7.63. The number of nitrogens with zero attached hydrogens (tertiary/aromatic N) is 2. The van der Waals surface area contributed by atoms with E-state index >= 15 is 0 Å². The Labute approximate surface area is 117 Å². The van der Waals surface area contributed by atoms with Crippen LogP contribution in [0, 0.1) is 6.92 Å². The first kappa shape index (κ1) is 13.0. The van der Waals surface area contributed by atoms with Gasteiger partial charge in [-0.25, -0.2) is 0 Å². The van der Waals surface area contributed by atoms with Gasteiger partial charge in [-0.15, -0.1) is 0 Å². The monoisotopic (exact) mass is 281 g/mol. The Bertz CT molecular complexity index is 450. The number of carbonyl (C=O) groups excluding carboxylic acids is 1. The second-order valence-electron chi connectivity index (χ2n) is 5.29. The molecule has 2 aliphatic rings. The molecule has 1 amide bonds. The number of hydrogen-bond donors (Lipinski definition) is 1. The van der Waals surface area contributed by atoms with E-state index in [1.807, 2.05) is 6.92 Å². The molecule has 2 fully saturated rings. The highest BCUT2D eigenvalue weighted by atomic mass is 32.1. The van der Waals surface area contributed by atoms with Crippen molar-refractivity contribution in [1.82, 2.24) is 14.6 Å². The van der Waals surface area contributed by atoms with Gasteiger partial charge in [0.1, 0.15) is 0 Å². The minimum absolute atomic E-state index is 0.0116. The van der Waals surface area contributed by atoms with Gasteiger partial charge in [0.2, 0.25) is 0 Å². The lowest BCUT2D eigenvalue weighted by Gasteiger charge is -2.31. The van der Waals surface area contributed by atoms with Gasteiger partial charge in [-0.1, -0.05) is 0 Å². The standard InChI is InChI=1S/C13H19N3O2S/c1-9-12(8-19-15-9)13(17)14-4-5-16-6-10-2-3-11(7-16)18-10/h8,10-11H,2-7H2,1H3,(H,14,17). The highest BCUT2D eigenvalue weighted by Gasteiger charge is 2.33. The van der Waals surface area contributed by atoms with Crippen molar-refractivity contribution in [3.63, 3.8) is 0 Å². The van der Waals surface area contributed by atoms with E-state index in [0.717, 1.165) is 25.3 Å². The number of fused-ring (bicyclic) bond motifs is 2. The van der Waals surface area contributed by atoms with Crippen LogP contribution in [0.25, 0.3) is 0 Å². The first-order chi connectivity index (χ1) is 9.22. The van der Waals surface area contributed by atoms with Gasteiger partial charge >= 0.3 is 0 Å². The zero-order valence-corrected chi connectivity index (χ0v) is 11.9. The van der Waals surface area contributed by atoms with Crippen molar-refractivity contribution in [1.29, 1.82) is 0 Å². The van der Waals surface area contributed by atoms with E-state index in [0.29, 0.717) is 24.3 Å². The van der Waals surface area contributed by atoms with Gasteiger partial charge in [-0.3, -0.25) is 9.69 Å². The molecule has 0 radical (unpaired) electrons. The SMILES string of the molecule is Cc1nscc1C(=O)NCCN1CC2CCC(C1)O2. The molecule has 2 saturated heterocycles. The highest BCUT2D eigenvalue weighted by Crippen LogP contribution is 2.25. The maximum Gasteiger partial charge on any atom is 0.254 e. The Morgan fingerprint density at radius 2 is 2.26 bits per heavy atom. The van der Waals surface area contributed by atoms with Crippen LogP contribution in [0.4, 0.5) is 0 Å². The Morgan fingerprint density at radius 1 is 1.53 bits per heavy atom. The average Bonchev–Trinajstić information content (AvgIpc) is 2.95. The number of rotatable bonds is 4. The molecule has 3 rings (SSSR count). The van der Waals surface area contributed by atoms with E-state index in [2.05, 4.69) is 14.6 Å². The number of aryl methyl sites for hydroxylation is 1. The topological polar surface area (TPSA) is 54.5 Å². The van der Waals surface area contributed by atoms with E-state index in [-0.39, 0.29) is 5.91 Å². The minimum Gasteiger partial charge on any atom is -0.372 e. The molecule has 0 spiro atoms. The molecule has 19 heavy (non-hydrogen) atoms. The van der Waals surface area contributed by atoms with Crippen molar-refractivity contribution in [2.75, 3.05) is 26.2 Å². The van der Waals surface area contributed by atoms with Crippen LogP contribution in [0.2, 0.25) is 0 Å². The summed E-state index contributed by atoms with van der Waals surface area (Å²) in [7, 11) is 0. The van der Waals surface area contributed by atoms with Crippen molar-refractivity contribution in [2.45, 2.75) is 32.0 Å². The van der Waals surface area contributed by atoms with Crippen LogP contribution in [0.15, 0.2) is 5.38 Å². The summed E-state index contributed by atoms with van der Waals surface area (Å²) in [4.78, 5) is 14.3. The van der Waals surface area contributed by atoms with Crippen LogP contribution >= 0.6 is 11.5 Å². The molecule has 104 valence electrons. The normalized spacial score (nSPS) is 26.6. The van der Waals surface area contributed by atoms with Gasteiger partial charge in [-0.05, 0) is 31.3 Å². The summed E-state index contributed by atoms with van der Waals surface area (Å²) < 4.78 is 9.91. The highest BCUT2D eigenvalue weighted by molar-refractivity contribution is 7.03. The van der Waals surface area contributed by atoms with E-state index < -0.39 is 0 Å². The Morgan fingerprint density at radius 3 is 2.89 bits per heavy atom. The lowest BCUT2D eigenvalue weighted by molar-refractivity contribution is -0.0375. The average molecular weight is 281 g/mol. The van der Waals surface area contributed by atoms with Gasteiger partial charge in [0.15, 0.2) is 0 Å². The van der Waals surface area contributed by atoms with Crippen molar-refractivity contribution in [3.8, 4) is 0 Å². The quantitative estimate of drug-likeness (QED) is 0.896. The molecular weight excluding hydrogens is 262 g/mol. The van der Waals surface area contributed by atoms with E-state index in [1.54, 1.807) is 5.38 Å². The van der Waals surface area contributed by atoms with Gasteiger partial charge in [0.05, 0.1) is 23.5 Å². The van der Waals surface area contributed by atoms with Crippen molar-refractivity contribution in [3.05, 3.63) is 16.6 Å². The number of carbonyl (C=O) groups is 1. The van der Waals surface area contributed by atoms with Crippen LogP contribution in [0.5, 0.6) is 0 Å². The van der Waals surface area contributed by atoms with E-state index in [9.17, 15) is 4.79 Å². The number of amides is 1. The second-order valence-corrected chi connectivity index (χ2v) is 5.92. The van der Waals surface area contributed by atoms with Gasteiger partial charge in [0, 0.05) is 31.6 Å². The molecule has 0 aromatic carbocycles. The molecule has 1 N–H and O–H groups in total. The Kier molecular flexibility index (Phi) is 3.81.